The predicted octanol–water partition coefficient (Wildman–Crippen LogP) is -1.48. The maximum atomic E-state index is 13.1. The fourth-order valence-electron chi connectivity index (χ4n) is 6.44. The molecule has 5 aliphatic rings. The Kier molecular flexibility index (Phi) is 6.58. The Morgan fingerprint density at radius 3 is 2.63 bits per heavy atom. The van der Waals surface area contributed by atoms with Crippen LogP contribution < -0.4 is 21.3 Å². The summed E-state index contributed by atoms with van der Waals surface area (Å²) in [4.78, 5) is 54.4. The number of nitrogens with one attached hydrogen (secondary N) is 4. The van der Waals surface area contributed by atoms with Gasteiger partial charge in [0.2, 0.25) is 17.7 Å². The van der Waals surface area contributed by atoms with Crippen molar-refractivity contribution in [2.24, 2.45) is 11.8 Å². The summed E-state index contributed by atoms with van der Waals surface area (Å²) in [6, 6.07) is -0.267. The number of carboxylic acids is 1. The van der Waals surface area contributed by atoms with Crippen LogP contribution in [0.15, 0.2) is 10.6 Å². The Labute approximate surface area is 208 Å². The van der Waals surface area contributed by atoms with Gasteiger partial charge in [-0.05, 0) is 26.8 Å². The monoisotopic (exact) mass is 506 g/mol. The Morgan fingerprint density at radius 1 is 1.23 bits per heavy atom. The average Bonchev–Trinajstić information content (AvgIpc) is 3.58. The summed E-state index contributed by atoms with van der Waals surface area (Å²) in [5, 5.41) is 22.4. The molecule has 4 saturated heterocycles. The van der Waals surface area contributed by atoms with E-state index < -0.39 is 17.9 Å². The summed E-state index contributed by atoms with van der Waals surface area (Å²) in [6.07, 6.45) is 1.65. The number of thioether (sulfide) groups is 1. The minimum Gasteiger partial charge on any atom is -0.477 e. The van der Waals surface area contributed by atoms with Gasteiger partial charge in [0, 0.05) is 53.8 Å². The quantitative estimate of drug-likeness (QED) is 0.249. The first-order valence-electron chi connectivity index (χ1n) is 12.4. The van der Waals surface area contributed by atoms with Gasteiger partial charge < -0.3 is 36.2 Å². The molecule has 11 nitrogen and oxygen atoms in total. The van der Waals surface area contributed by atoms with Gasteiger partial charge in [0.15, 0.2) is 0 Å². The number of likely N-dealkylation sites (N-methyl/N-ethyl adjacent to an activating group) is 1. The van der Waals surface area contributed by atoms with Crippen LogP contribution in [-0.4, -0.2) is 107 Å². The molecular formula is C23H34N6O5S. The van der Waals surface area contributed by atoms with Crippen molar-refractivity contribution in [1.82, 2.24) is 31.1 Å². The zero-order valence-electron chi connectivity index (χ0n) is 20.2. The lowest BCUT2D eigenvalue weighted by Gasteiger charge is -2.47. The van der Waals surface area contributed by atoms with Crippen LogP contribution >= 0.6 is 11.8 Å². The highest BCUT2D eigenvalue weighted by Gasteiger charge is 2.60. The standard InChI is InChI=1S/C23H34N6O5S/c1-10-18-17(11(2)27-16(30)8-24-3)22(32)29(18)19(23(33)34)20(10)35-14-5-15(26-7-14)21(31)28-9-12-4-13(28)6-25-12/h10-15,17-18,24-26H,4-9H2,1-3H3,(H,27,30)(H,33,34)/t10-,11-,12-,13-,14+,15+,17-,18-/m1/s1. The zero-order valence-corrected chi connectivity index (χ0v) is 21.1. The van der Waals surface area contributed by atoms with Gasteiger partial charge in [-0.25, -0.2) is 4.79 Å². The largest absolute Gasteiger partial charge is 0.477 e. The fourth-order valence-corrected chi connectivity index (χ4v) is 7.92. The van der Waals surface area contributed by atoms with E-state index >= 15 is 0 Å². The highest BCUT2D eigenvalue weighted by molar-refractivity contribution is 8.03. The highest BCUT2D eigenvalue weighted by atomic mass is 32.2. The molecule has 5 aliphatic heterocycles. The molecule has 0 spiro atoms. The average molecular weight is 507 g/mol. The number of carbonyl (C=O) groups is 4. The first kappa shape index (κ1) is 24.5. The molecule has 5 heterocycles. The highest BCUT2D eigenvalue weighted by Crippen LogP contribution is 2.51. The van der Waals surface area contributed by atoms with Crippen molar-refractivity contribution in [3.8, 4) is 0 Å². The third kappa shape index (κ3) is 4.13. The third-order valence-corrected chi connectivity index (χ3v) is 9.59. The lowest BCUT2D eigenvalue weighted by atomic mass is 9.78. The summed E-state index contributed by atoms with van der Waals surface area (Å²) in [6.45, 7) is 6.13. The van der Waals surface area contributed by atoms with E-state index in [0.717, 1.165) is 19.5 Å². The molecule has 8 atom stereocenters. The van der Waals surface area contributed by atoms with Crippen LogP contribution in [0.25, 0.3) is 0 Å². The molecule has 35 heavy (non-hydrogen) atoms. The number of piperazine rings is 1. The van der Waals surface area contributed by atoms with Crippen molar-refractivity contribution in [2.75, 3.05) is 33.2 Å². The number of fused-ring (bicyclic) bond motifs is 3. The Balaban J connectivity index is 1.25. The number of carbonyl (C=O) groups excluding carboxylic acids is 3. The van der Waals surface area contributed by atoms with E-state index in [1.807, 2.05) is 11.8 Å². The second kappa shape index (κ2) is 9.38. The van der Waals surface area contributed by atoms with E-state index in [-0.39, 0.29) is 59.3 Å². The molecule has 0 unspecified atom stereocenters. The van der Waals surface area contributed by atoms with Gasteiger partial charge in [-0.15, -0.1) is 11.8 Å². The lowest BCUT2D eigenvalue weighted by molar-refractivity contribution is -0.158. The lowest BCUT2D eigenvalue weighted by Crippen LogP contribution is -2.66. The second-order valence-electron chi connectivity index (χ2n) is 10.3. The maximum Gasteiger partial charge on any atom is 0.353 e. The number of β-lactam (4-membered cyclic amide) rings is 1. The normalized spacial score (nSPS) is 36.4. The number of hydrogen-bond donors (Lipinski definition) is 5. The SMILES string of the molecule is CNCC(=O)N[C@H](C)[C@H]1C(=O)N2C(C(=O)O)=C(S[C@@H]3CN[C@H](C(=O)N4C[C@H]5C[C@@H]4CN5)C3)[C@H](C)[C@H]12. The fraction of sp³-hybridized carbons (Fsp3) is 0.739. The Bertz CT molecular complexity index is 974. The van der Waals surface area contributed by atoms with Crippen LogP contribution in [-0.2, 0) is 19.2 Å². The molecule has 12 heteroatoms. The number of hydrogen-bond acceptors (Lipinski definition) is 8. The number of nitrogens with zero attached hydrogens (tertiary/aromatic N) is 2. The molecule has 4 fully saturated rings. The number of aliphatic carboxylic acids is 1. The summed E-state index contributed by atoms with van der Waals surface area (Å²) in [5.41, 5.74) is 0.0557. The van der Waals surface area contributed by atoms with Gasteiger partial charge >= 0.3 is 5.97 Å². The molecule has 0 saturated carbocycles. The van der Waals surface area contributed by atoms with Gasteiger partial charge in [-0.1, -0.05) is 6.92 Å². The first-order valence-corrected chi connectivity index (χ1v) is 13.3. The van der Waals surface area contributed by atoms with Crippen LogP contribution in [0.3, 0.4) is 0 Å². The predicted molar refractivity (Wildman–Crippen MR) is 129 cm³/mol. The Hall–Kier alpha value is -2.15. The number of amides is 3. The van der Waals surface area contributed by atoms with Crippen LogP contribution in [0.5, 0.6) is 0 Å². The zero-order chi connectivity index (χ0) is 25.0. The Morgan fingerprint density at radius 2 is 2.00 bits per heavy atom. The van der Waals surface area contributed by atoms with E-state index in [1.165, 1.54) is 16.7 Å². The van der Waals surface area contributed by atoms with E-state index in [4.69, 9.17) is 0 Å². The summed E-state index contributed by atoms with van der Waals surface area (Å²) >= 11 is 1.49. The summed E-state index contributed by atoms with van der Waals surface area (Å²) in [5.74, 6) is -2.06. The molecule has 192 valence electrons. The maximum absolute atomic E-state index is 13.1. The third-order valence-electron chi connectivity index (χ3n) is 8.08. The van der Waals surface area contributed by atoms with E-state index in [2.05, 4.69) is 21.3 Å². The van der Waals surface area contributed by atoms with Crippen molar-refractivity contribution in [2.45, 2.75) is 62.1 Å². The van der Waals surface area contributed by atoms with E-state index in [0.29, 0.717) is 23.9 Å². The van der Waals surface area contributed by atoms with Crippen molar-refractivity contribution in [1.29, 1.82) is 0 Å². The van der Waals surface area contributed by atoms with Crippen molar-refractivity contribution in [3.63, 3.8) is 0 Å². The van der Waals surface area contributed by atoms with Gasteiger partial charge in [-0.3, -0.25) is 14.4 Å². The number of likely N-dealkylation sites (tertiary alicyclic amines) is 1. The minimum absolute atomic E-state index is 0.0497. The molecule has 0 radical (unpaired) electrons. The molecule has 5 rings (SSSR count). The van der Waals surface area contributed by atoms with Gasteiger partial charge in [0.05, 0.1) is 24.5 Å². The second-order valence-corrected chi connectivity index (χ2v) is 11.7. The number of carboxylic acid groups (broad SMARTS) is 1. The summed E-state index contributed by atoms with van der Waals surface area (Å²) < 4.78 is 0. The topological polar surface area (TPSA) is 143 Å². The molecule has 0 aromatic carbocycles. The van der Waals surface area contributed by atoms with E-state index in [1.54, 1.807) is 14.0 Å². The molecule has 2 bridgehead atoms. The van der Waals surface area contributed by atoms with Crippen LogP contribution in [0.2, 0.25) is 0 Å². The van der Waals surface area contributed by atoms with E-state index in [9.17, 15) is 24.3 Å². The van der Waals surface area contributed by atoms with Crippen molar-refractivity contribution >= 4 is 35.5 Å². The van der Waals surface area contributed by atoms with Crippen LogP contribution in [0, 0.1) is 11.8 Å². The molecule has 0 aromatic heterocycles. The van der Waals surface area contributed by atoms with Gasteiger partial charge in [-0.2, -0.15) is 0 Å². The van der Waals surface area contributed by atoms with Crippen molar-refractivity contribution in [3.05, 3.63) is 10.6 Å². The van der Waals surface area contributed by atoms with Gasteiger partial charge in [0.25, 0.3) is 0 Å². The molecule has 3 amide bonds. The smallest absolute Gasteiger partial charge is 0.353 e. The molecule has 5 N–H and O–H groups in total. The first-order chi connectivity index (χ1) is 16.7. The van der Waals surface area contributed by atoms with Gasteiger partial charge in [0.1, 0.15) is 5.70 Å². The molecule has 0 aromatic rings. The van der Waals surface area contributed by atoms with Crippen LogP contribution in [0.4, 0.5) is 0 Å². The van der Waals surface area contributed by atoms with Crippen LogP contribution in [0.1, 0.15) is 26.7 Å². The molecular weight excluding hydrogens is 472 g/mol. The number of rotatable bonds is 8. The summed E-state index contributed by atoms with van der Waals surface area (Å²) in [7, 11) is 1.68. The van der Waals surface area contributed by atoms with Crippen molar-refractivity contribution < 1.29 is 24.3 Å². The minimum atomic E-state index is -1.11. The molecule has 0 aliphatic carbocycles.